The van der Waals surface area contributed by atoms with Gasteiger partial charge in [0.15, 0.2) is 28.8 Å². The molecule has 0 bridgehead atoms. The molecule has 10 nitrogen and oxygen atoms in total. The number of fused-ring (bicyclic) bond motifs is 6. The van der Waals surface area contributed by atoms with E-state index in [1.165, 1.54) is 0 Å². The van der Waals surface area contributed by atoms with Gasteiger partial charge < -0.3 is 9.13 Å². The summed E-state index contributed by atoms with van der Waals surface area (Å²) >= 11 is 0. The van der Waals surface area contributed by atoms with E-state index < -0.39 is 0 Å². The van der Waals surface area contributed by atoms with Crippen molar-refractivity contribution >= 4 is 55.0 Å². The highest BCUT2D eigenvalue weighted by atomic mass is 15.0. The van der Waals surface area contributed by atoms with Crippen LogP contribution in [0.1, 0.15) is 16.7 Å². The van der Waals surface area contributed by atoms with Crippen molar-refractivity contribution in [3.63, 3.8) is 0 Å². The fourth-order valence-corrected chi connectivity index (χ4v) is 10.8. The van der Waals surface area contributed by atoms with Crippen molar-refractivity contribution in [1.29, 1.82) is 15.8 Å². The van der Waals surface area contributed by atoms with E-state index in [-0.39, 0.29) is 0 Å². The zero-order valence-corrected chi connectivity index (χ0v) is 41.3. The van der Waals surface area contributed by atoms with Crippen molar-refractivity contribution in [2.24, 2.45) is 0 Å². The molecule has 0 N–H and O–H groups in total. The number of aromatic nitrogens is 5. The first kappa shape index (κ1) is 46.1. The number of hydrogen-bond donors (Lipinski definition) is 0. The normalized spacial score (nSPS) is 11.0. The summed E-state index contributed by atoms with van der Waals surface area (Å²) in [6.07, 6.45) is 0. The molecule has 78 heavy (non-hydrogen) atoms. The molecule has 0 atom stereocenters. The van der Waals surface area contributed by atoms with Crippen LogP contribution >= 0.6 is 0 Å². The van der Waals surface area contributed by atoms with Gasteiger partial charge in [-0.15, -0.1) is 0 Å². The summed E-state index contributed by atoms with van der Waals surface area (Å²) in [6.45, 7) is 16.5. The van der Waals surface area contributed by atoms with Gasteiger partial charge in [0.2, 0.25) is 0 Å². The summed E-state index contributed by atoms with van der Waals surface area (Å²) in [6, 6.07) is 77.7. The highest BCUT2D eigenvalue weighted by molar-refractivity contribution is 6.13. The van der Waals surface area contributed by atoms with Gasteiger partial charge >= 0.3 is 0 Å². The third kappa shape index (κ3) is 7.66. The summed E-state index contributed by atoms with van der Waals surface area (Å²) in [7, 11) is 0. The molecule has 0 radical (unpaired) electrons. The van der Waals surface area contributed by atoms with E-state index in [1.54, 1.807) is 24.3 Å². The Bertz CT molecular complexity index is 4800. The molecule has 0 aliphatic rings. The van der Waals surface area contributed by atoms with Gasteiger partial charge in [0, 0.05) is 55.0 Å². The maximum Gasteiger partial charge on any atom is 0.197 e. The van der Waals surface area contributed by atoms with Gasteiger partial charge in [-0.2, -0.15) is 15.8 Å². The van der Waals surface area contributed by atoms with Crippen molar-refractivity contribution in [3.05, 3.63) is 258 Å². The second-order valence-electron chi connectivity index (χ2n) is 18.7. The van der Waals surface area contributed by atoms with Crippen molar-refractivity contribution in [3.8, 4) is 97.1 Å². The number of rotatable bonds is 8. The molecule has 13 aromatic rings. The monoisotopic (exact) mass is 992 g/mol. The van der Waals surface area contributed by atoms with Crippen LogP contribution in [0.4, 0.5) is 11.4 Å². The largest absolute Gasteiger partial charge is 0.310 e. The molecule has 13 rings (SSSR count). The number of hydrogen-bond acceptors (Lipinski definition) is 6. The van der Waals surface area contributed by atoms with E-state index in [0.29, 0.717) is 56.7 Å². The molecular formula is C68H36N10. The first-order chi connectivity index (χ1) is 38.4. The van der Waals surface area contributed by atoms with Gasteiger partial charge in [0.1, 0.15) is 0 Å². The molecular weight excluding hydrogens is 957 g/mol. The highest BCUT2D eigenvalue weighted by Crippen LogP contribution is 2.47. The van der Waals surface area contributed by atoms with Crippen LogP contribution < -0.4 is 0 Å². The van der Waals surface area contributed by atoms with Gasteiger partial charge in [0.05, 0.1) is 70.2 Å². The van der Waals surface area contributed by atoms with Crippen LogP contribution in [0.3, 0.4) is 0 Å². The second-order valence-corrected chi connectivity index (χ2v) is 18.7. The lowest BCUT2D eigenvalue weighted by Crippen LogP contribution is -2.04. The van der Waals surface area contributed by atoms with Crippen LogP contribution in [0.2, 0.25) is 0 Å². The Morgan fingerprint density at radius 2 is 0.872 bits per heavy atom. The Hall–Kier alpha value is -11.7. The first-order valence-electron chi connectivity index (χ1n) is 24.9. The Morgan fingerprint density at radius 1 is 0.359 bits per heavy atom. The molecule has 0 aliphatic carbocycles. The minimum Gasteiger partial charge on any atom is -0.310 e. The summed E-state index contributed by atoms with van der Waals surface area (Å²) in [5.74, 6) is 1.48. The smallest absolute Gasteiger partial charge is 0.197 e. The van der Waals surface area contributed by atoms with Crippen LogP contribution in [-0.4, -0.2) is 24.1 Å². The van der Waals surface area contributed by atoms with E-state index in [4.69, 9.17) is 28.1 Å². The Morgan fingerprint density at radius 3 is 1.44 bits per heavy atom. The molecule has 0 unspecified atom stereocenters. The summed E-state index contributed by atoms with van der Waals surface area (Å²) in [5, 5.41) is 34.0. The number of nitrogens with zero attached hydrogens (tertiary/aromatic N) is 10. The lowest BCUT2D eigenvalue weighted by atomic mass is 9.96. The maximum atomic E-state index is 10.3. The standard InChI is InChI=1S/C68H36N10/c1-72-50-28-30-52(49(35-50)41-71)46-25-31-61-55(37-46)53-18-9-11-21-59(53)77(61)63-33-27-47(68-75-66(43-14-5-3-6-15-43)74-67(76-68)44-16-7-4-8-17-44)38-57(63)65-58(73-2)20-13-23-64(65)78-60-22-12-10-19-54(60)56-36-45(26-32-62(56)78)51-29-24-42(39-69)34-48(51)40-70/h3-38H. The van der Waals surface area contributed by atoms with Crippen molar-refractivity contribution in [2.75, 3.05) is 0 Å². The quantitative estimate of drug-likeness (QED) is 0.139. The molecule has 3 aromatic heterocycles. The number of nitriles is 3. The highest BCUT2D eigenvalue weighted by Gasteiger charge is 2.25. The van der Waals surface area contributed by atoms with Crippen LogP contribution in [0, 0.1) is 47.1 Å². The van der Waals surface area contributed by atoms with E-state index in [2.05, 4.69) is 104 Å². The van der Waals surface area contributed by atoms with Gasteiger partial charge in [-0.25, -0.2) is 24.6 Å². The van der Waals surface area contributed by atoms with Crippen LogP contribution in [-0.2, 0) is 0 Å². The van der Waals surface area contributed by atoms with Crippen molar-refractivity contribution < 1.29 is 0 Å². The maximum absolute atomic E-state index is 10.3. The third-order valence-corrected chi connectivity index (χ3v) is 14.3. The second kappa shape index (κ2) is 18.9. The SMILES string of the molecule is [C-]#[N+]c1ccc(-c2ccc3c(c2)c2ccccc2n3-c2ccc(-c3nc(-c4ccccc4)nc(-c4ccccc4)n3)cc2-c2c([N+]#[C-])cccc2-n2c3ccccc3c3cc(-c4ccc(C#N)cc4C#N)ccc32)c(C#N)c1. The minimum absolute atomic E-state index is 0.399. The average Bonchev–Trinajstić information content (AvgIpc) is 4.25. The molecule has 0 saturated heterocycles. The molecule has 0 saturated carbocycles. The van der Waals surface area contributed by atoms with E-state index >= 15 is 0 Å². The summed E-state index contributed by atoms with van der Waals surface area (Å²) in [5.41, 5.74) is 14.1. The molecule has 0 amide bonds. The predicted molar refractivity (Wildman–Crippen MR) is 308 cm³/mol. The van der Waals surface area contributed by atoms with Crippen molar-refractivity contribution in [2.45, 2.75) is 0 Å². The molecule has 10 aromatic carbocycles. The Kier molecular flexibility index (Phi) is 11.2. The first-order valence-corrected chi connectivity index (χ1v) is 24.9. The zero-order valence-electron chi connectivity index (χ0n) is 41.3. The van der Waals surface area contributed by atoms with Crippen LogP contribution in [0.25, 0.3) is 132 Å². The van der Waals surface area contributed by atoms with Gasteiger partial charge in [-0.05, 0) is 107 Å². The number of para-hydroxylation sites is 2. The fraction of sp³-hybridized carbons (Fsp3) is 0. The topological polar surface area (TPSA) is 129 Å². The summed E-state index contributed by atoms with van der Waals surface area (Å²) < 4.78 is 4.46. The number of benzene rings is 10. The lowest BCUT2D eigenvalue weighted by Gasteiger charge is -2.21. The van der Waals surface area contributed by atoms with Crippen LogP contribution in [0.15, 0.2) is 218 Å². The summed E-state index contributed by atoms with van der Waals surface area (Å²) in [4.78, 5) is 23.2. The Balaban J connectivity index is 1.10. The molecule has 0 spiro atoms. The van der Waals surface area contributed by atoms with E-state index in [9.17, 15) is 15.8 Å². The van der Waals surface area contributed by atoms with Gasteiger partial charge in [-0.1, -0.05) is 140 Å². The minimum atomic E-state index is 0.399. The van der Waals surface area contributed by atoms with Crippen LogP contribution in [0.5, 0.6) is 0 Å². The molecule has 0 fully saturated rings. The molecule has 0 aliphatic heterocycles. The molecule has 358 valence electrons. The Labute approximate surface area is 447 Å². The third-order valence-electron chi connectivity index (χ3n) is 14.3. The zero-order chi connectivity index (χ0) is 52.9. The lowest BCUT2D eigenvalue weighted by molar-refractivity contribution is 1.07. The molecule has 3 heterocycles. The molecule has 10 heteroatoms. The fourth-order valence-electron chi connectivity index (χ4n) is 10.8. The van der Waals surface area contributed by atoms with E-state index in [0.717, 1.165) is 93.9 Å². The average molecular weight is 993 g/mol. The predicted octanol–water partition coefficient (Wildman–Crippen LogP) is 16.8. The van der Waals surface area contributed by atoms with Gasteiger partial charge in [0.25, 0.3) is 0 Å². The van der Waals surface area contributed by atoms with E-state index in [1.807, 2.05) is 127 Å². The van der Waals surface area contributed by atoms with Gasteiger partial charge in [-0.3, -0.25) is 0 Å². The van der Waals surface area contributed by atoms with Crippen molar-refractivity contribution in [1.82, 2.24) is 24.1 Å².